The van der Waals surface area contributed by atoms with E-state index in [1.54, 1.807) is 0 Å². The lowest BCUT2D eigenvalue weighted by molar-refractivity contribution is -0.161. The molecule has 0 fully saturated rings. The lowest BCUT2D eigenvalue weighted by Gasteiger charge is -2.20. The van der Waals surface area contributed by atoms with Crippen molar-refractivity contribution in [1.29, 1.82) is 0 Å². The van der Waals surface area contributed by atoms with Gasteiger partial charge < -0.3 is 25.2 Å². The summed E-state index contributed by atoms with van der Waals surface area (Å²) >= 11 is 0. The number of esters is 2. The third kappa shape index (κ3) is 35.0. The molecule has 1 unspecified atom stereocenters. The number of nitrogens with two attached hydrogens (primary N) is 1. The van der Waals surface area contributed by atoms with E-state index in [9.17, 15) is 23.8 Å². The topological polar surface area (TPSA) is 172 Å². The molecule has 0 aliphatic rings. The summed E-state index contributed by atoms with van der Waals surface area (Å²) in [6, 6.07) is -1.52. The summed E-state index contributed by atoms with van der Waals surface area (Å²) in [6.45, 7) is 2.76. The number of carbonyl (C=O) groups is 3. The maximum Gasteiger partial charge on any atom is 0.472 e. The van der Waals surface area contributed by atoms with Gasteiger partial charge in [-0.25, -0.2) is 4.57 Å². The predicted octanol–water partition coefficient (Wildman–Crippen LogP) is 10.3. The number of aliphatic carboxylic acids is 1. The highest BCUT2D eigenvalue weighted by Crippen LogP contribution is 2.43. The molecular weight excluding hydrogens is 685 g/mol. The average molecular weight is 760 g/mol. The zero-order valence-corrected chi connectivity index (χ0v) is 33.5. The highest BCUT2D eigenvalue weighted by Gasteiger charge is 2.28. The van der Waals surface area contributed by atoms with Crippen LogP contribution in [0.25, 0.3) is 0 Å². The summed E-state index contributed by atoms with van der Waals surface area (Å²) in [5.41, 5.74) is 5.32. The lowest BCUT2D eigenvalue weighted by Crippen LogP contribution is -2.34. The summed E-state index contributed by atoms with van der Waals surface area (Å²) in [4.78, 5) is 45.8. The average Bonchev–Trinajstić information content (AvgIpc) is 3.12. The molecule has 0 aromatic carbocycles. The first-order chi connectivity index (χ1) is 25.1. The third-order valence-corrected chi connectivity index (χ3v) is 9.62. The minimum atomic E-state index is -4.71. The molecule has 0 aliphatic carbocycles. The van der Waals surface area contributed by atoms with Gasteiger partial charge in [0.2, 0.25) is 0 Å². The molecule has 52 heavy (non-hydrogen) atoms. The van der Waals surface area contributed by atoms with Crippen molar-refractivity contribution in [3.63, 3.8) is 0 Å². The second kappa shape index (κ2) is 36.0. The minimum absolute atomic E-state index is 0.151. The molecule has 12 heteroatoms. The fourth-order valence-electron chi connectivity index (χ4n) is 5.41. The molecule has 0 saturated heterocycles. The van der Waals surface area contributed by atoms with Gasteiger partial charge in [-0.05, 0) is 64.2 Å². The van der Waals surface area contributed by atoms with Gasteiger partial charge in [0, 0.05) is 12.8 Å². The number of carboxylic acids is 1. The van der Waals surface area contributed by atoms with Crippen LogP contribution in [0.4, 0.5) is 0 Å². The highest BCUT2D eigenvalue weighted by atomic mass is 31.2. The number of carboxylic acid groups (broad SMARTS) is 1. The fraction of sp³-hybridized carbons (Fsp3) is 0.825. The van der Waals surface area contributed by atoms with Gasteiger partial charge in [0.25, 0.3) is 0 Å². The monoisotopic (exact) mass is 760 g/mol. The van der Waals surface area contributed by atoms with Gasteiger partial charge in [-0.2, -0.15) is 0 Å². The molecule has 304 valence electrons. The Balaban J connectivity index is 4.43. The Hall–Kier alpha value is -2.04. The van der Waals surface area contributed by atoms with Crippen molar-refractivity contribution in [2.45, 2.75) is 193 Å². The van der Waals surface area contributed by atoms with Crippen molar-refractivity contribution in [3.8, 4) is 0 Å². The Bertz CT molecular complexity index is 989. The first kappa shape index (κ1) is 50.0. The van der Waals surface area contributed by atoms with Gasteiger partial charge in [0.05, 0.1) is 13.2 Å². The van der Waals surface area contributed by atoms with Gasteiger partial charge in [0.1, 0.15) is 12.6 Å². The molecule has 0 heterocycles. The van der Waals surface area contributed by atoms with Gasteiger partial charge >= 0.3 is 25.7 Å². The molecule has 0 aromatic heterocycles. The number of unbranched alkanes of at least 4 members (excludes halogenated alkanes) is 20. The van der Waals surface area contributed by atoms with Crippen LogP contribution in [0.15, 0.2) is 24.3 Å². The van der Waals surface area contributed by atoms with Gasteiger partial charge in [0.15, 0.2) is 6.10 Å². The summed E-state index contributed by atoms with van der Waals surface area (Å²) in [5.74, 6) is -2.40. The van der Waals surface area contributed by atoms with Crippen molar-refractivity contribution < 1.29 is 47.5 Å². The number of phosphoric ester groups is 1. The van der Waals surface area contributed by atoms with Crippen LogP contribution in [-0.4, -0.2) is 59.9 Å². The first-order valence-electron chi connectivity index (χ1n) is 20.4. The summed E-state index contributed by atoms with van der Waals surface area (Å²) in [7, 11) is -4.71. The number of carbonyl (C=O) groups excluding carboxylic acids is 2. The molecule has 0 saturated carbocycles. The van der Waals surface area contributed by atoms with Crippen LogP contribution >= 0.6 is 7.82 Å². The molecule has 0 aromatic rings. The molecule has 3 atom stereocenters. The van der Waals surface area contributed by atoms with Gasteiger partial charge in [-0.15, -0.1) is 0 Å². The molecule has 0 rings (SSSR count). The van der Waals surface area contributed by atoms with E-state index in [0.717, 1.165) is 77.0 Å². The minimum Gasteiger partial charge on any atom is -0.480 e. The number of hydrogen-bond donors (Lipinski definition) is 3. The van der Waals surface area contributed by atoms with Crippen LogP contribution in [0.5, 0.6) is 0 Å². The number of phosphoric acid groups is 1. The van der Waals surface area contributed by atoms with Crippen molar-refractivity contribution in [3.05, 3.63) is 24.3 Å². The summed E-state index contributed by atoms with van der Waals surface area (Å²) < 4.78 is 32.6. The van der Waals surface area contributed by atoms with Crippen molar-refractivity contribution >= 4 is 25.7 Å². The molecule has 11 nitrogen and oxygen atoms in total. The summed E-state index contributed by atoms with van der Waals surface area (Å²) in [5, 5.41) is 8.87. The fourth-order valence-corrected chi connectivity index (χ4v) is 6.18. The zero-order chi connectivity index (χ0) is 38.5. The molecule has 0 bridgehead atoms. The zero-order valence-electron chi connectivity index (χ0n) is 32.7. The number of rotatable bonds is 38. The Labute approximate surface area is 315 Å². The Morgan fingerprint density at radius 3 is 1.40 bits per heavy atom. The second-order valence-electron chi connectivity index (χ2n) is 13.8. The lowest BCUT2D eigenvalue weighted by atomic mass is 10.1. The van der Waals surface area contributed by atoms with Crippen LogP contribution in [0.2, 0.25) is 0 Å². The van der Waals surface area contributed by atoms with Crippen LogP contribution in [0, 0.1) is 0 Å². The number of ether oxygens (including phenoxy) is 2. The quantitative estimate of drug-likeness (QED) is 0.0237. The van der Waals surface area contributed by atoms with E-state index in [1.165, 1.54) is 64.2 Å². The Morgan fingerprint density at radius 2 is 0.962 bits per heavy atom. The summed E-state index contributed by atoms with van der Waals surface area (Å²) in [6.07, 6.45) is 35.3. The predicted molar refractivity (Wildman–Crippen MR) is 208 cm³/mol. The van der Waals surface area contributed by atoms with Crippen LogP contribution < -0.4 is 5.73 Å². The third-order valence-electron chi connectivity index (χ3n) is 8.67. The molecule has 4 N–H and O–H groups in total. The number of allylic oxidation sites excluding steroid dienone is 4. The van der Waals surface area contributed by atoms with E-state index in [-0.39, 0.29) is 19.4 Å². The highest BCUT2D eigenvalue weighted by molar-refractivity contribution is 7.47. The van der Waals surface area contributed by atoms with Crippen molar-refractivity contribution in [1.82, 2.24) is 0 Å². The van der Waals surface area contributed by atoms with E-state index in [2.05, 4.69) is 42.7 Å². The van der Waals surface area contributed by atoms with Crippen LogP contribution in [0.3, 0.4) is 0 Å². The van der Waals surface area contributed by atoms with Gasteiger partial charge in [-0.3, -0.25) is 23.4 Å². The maximum absolute atomic E-state index is 12.6. The molecule has 0 spiro atoms. The van der Waals surface area contributed by atoms with E-state index in [0.29, 0.717) is 12.8 Å². The van der Waals surface area contributed by atoms with Gasteiger partial charge in [-0.1, -0.05) is 128 Å². The maximum atomic E-state index is 12.6. The van der Waals surface area contributed by atoms with Crippen LogP contribution in [-0.2, 0) is 37.5 Å². The Morgan fingerprint density at radius 1 is 0.577 bits per heavy atom. The smallest absolute Gasteiger partial charge is 0.472 e. The van der Waals surface area contributed by atoms with Crippen molar-refractivity contribution in [2.75, 3.05) is 19.8 Å². The SMILES string of the molecule is CCCCCCC/C=C/CCCCCCCC(=O)OC[C@H](COP(=O)(O)OC[C@H](N)C(=O)O)OC(=O)CCCCCCC/C=C/CCCCCCC. The molecule has 0 radical (unpaired) electrons. The van der Waals surface area contributed by atoms with Crippen molar-refractivity contribution in [2.24, 2.45) is 5.73 Å². The van der Waals surface area contributed by atoms with Crippen LogP contribution in [0.1, 0.15) is 181 Å². The first-order valence-corrected chi connectivity index (χ1v) is 21.9. The normalized spacial score (nSPS) is 14.1. The molecule has 0 amide bonds. The van der Waals surface area contributed by atoms with E-state index < -0.39 is 51.1 Å². The standard InChI is InChI=1S/C40H74NO10P/c1-3-5-7-9-11-13-15-17-19-21-23-25-27-29-31-38(42)48-33-36(34-49-52(46,47)50-35-37(41)40(44)45)51-39(43)32-30-28-26-24-22-20-18-16-14-12-10-8-6-4-2/h15-18,36-37H,3-14,19-35,41H2,1-2H3,(H,44,45)(H,46,47)/b17-15+,18-16+/t36-,37+/m1/s1. The van der Waals surface area contributed by atoms with E-state index in [1.807, 2.05) is 0 Å². The van der Waals surface area contributed by atoms with E-state index >= 15 is 0 Å². The van der Waals surface area contributed by atoms with E-state index in [4.69, 9.17) is 24.8 Å². The largest absolute Gasteiger partial charge is 0.480 e. The Kier molecular flexibility index (Phi) is 34.6. The second-order valence-corrected chi connectivity index (χ2v) is 15.2. The molecule has 0 aliphatic heterocycles. The number of hydrogen-bond acceptors (Lipinski definition) is 9. The molecular formula is C40H74NO10P.